The van der Waals surface area contributed by atoms with Crippen LogP contribution in [0.15, 0.2) is 30.3 Å². The average molecular weight is 471 g/mol. The smallest absolute Gasteiger partial charge is 0.246 e. The number of rotatable bonds is 12. The van der Waals surface area contributed by atoms with Crippen LogP contribution in [0.3, 0.4) is 0 Å². The van der Waals surface area contributed by atoms with Crippen molar-refractivity contribution in [1.82, 2.24) is 20.0 Å². The van der Waals surface area contributed by atoms with Crippen molar-refractivity contribution in [2.45, 2.75) is 76.8 Å². The van der Waals surface area contributed by atoms with Gasteiger partial charge in [-0.2, -0.15) is 0 Å². The first-order valence-corrected chi connectivity index (χ1v) is 13.4. The zero-order valence-electron chi connectivity index (χ0n) is 21.9. The number of carbonyl (C=O) groups excluding carboxylic acids is 2. The van der Waals surface area contributed by atoms with Gasteiger partial charge >= 0.3 is 0 Å². The number of carbonyl (C=O) groups is 2. The van der Waals surface area contributed by atoms with Crippen molar-refractivity contribution in [2.24, 2.45) is 5.92 Å². The molecular weight excluding hydrogens is 424 g/mol. The zero-order valence-corrected chi connectivity index (χ0v) is 21.9. The molecule has 0 aliphatic carbocycles. The Bertz CT molecular complexity index is 772. The van der Waals surface area contributed by atoms with Gasteiger partial charge in [-0.25, -0.2) is 0 Å². The molecule has 6 nitrogen and oxygen atoms in total. The van der Waals surface area contributed by atoms with Crippen LogP contribution in [0.5, 0.6) is 0 Å². The second kappa shape index (κ2) is 12.7. The monoisotopic (exact) mass is 470 g/mol. The highest BCUT2D eigenvalue weighted by atomic mass is 16.2. The first-order valence-electron chi connectivity index (χ1n) is 13.4. The van der Waals surface area contributed by atoms with Gasteiger partial charge in [-0.1, -0.05) is 57.0 Å². The molecule has 2 aliphatic rings. The van der Waals surface area contributed by atoms with Crippen LogP contribution in [0.1, 0.15) is 64.4 Å². The van der Waals surface area contributed by atoms with Crippen molar-refractivity contribution >= 4 is 11.8 Å². The van der Waals surface area contributed by atoms with Gasteiger partial charge < -0.3 is 20.0 Å². The Balaban J connectivity index is 1.48. The molecule has 6 heteroatoms. The number of benzene rings is 1. The minimum atomic E-state index is -0.674. The van der Waals surface area contributed by atoms with E-state index in [4.69, 9.17) is 0 Å². The van der Waals surface area contributed by atoms with Crippen LogP contribution in [-0.4, -0.2) is 84.9 Å². The lowest BCUT2D eigenvalue weighted by Gasteiger charge is -2.52. The topological polar surface area (TPSA) is 55.9 Å². The molecule has 1 N–H and O–H groups in total. The van der Waals surface area contributed by atoms with Gasteiger partial charge in [-0.05, 0) is 70.6 Å². The molecule has 0 bridgehead atoms. The lowest BCUT2D eigenvalue weighted by molar-refractivity contribution is -0.161. The largest absolute Gasteiger partial charge is 0.342 e. The molecule has 1 aromatic rings. The van der Waals surface area contributed by atoms with E-state index in [9.17, 15) is 9.59 Å². The fourth-order valence-corrected chi connectivity index (χ4v) is 5.44. The predicted octanol–water partition coefficient (Wildman–Crippen LogP) is 3.56. The summed E-state index contributed by atoms with van der Waals surface area (Å²) in [6.45, 7) is 8.47. The maximum atomic E-state index is 13.4. The Morgan fingerprint density at radius 2 is 1.68 bits per heavy atom. The predicted molar refractivity (Wildman–Crippen MR) is 139 cm³/mol. The van der Waals surface area contributed by atoms with Crippen molar-refractivity contribution < 1.29 is 9.59 Å². The molecule has 34 heavy (non-hydrogen) atoms. The van der Waals surface area contributed by atoms with E-state index in [-0.39, 0.29) is 17.9 Å². The number of likely N-dealkylation sites (tertiary alicyclic amines) is 1. The highest BCUT2D eigenvalue weighted by Gasteiger charge is 2.53. The Morgan fingerprint density at radius 3 is 2.32 bits per heavy atom. The van der Waals surface area contributed by atoms with Crippen molar-refractivity contribution in [3.63, 3.8) is 0 Å². The maximum Gasteiger partial charge on any atom is 0.246 e. The van der Waals surface area contributed by atoms with Gasteiger partial charge in [-0.15, -0.1) is 0 Å². The summed E-state index contributed by atoms with van der Waals surface area (Å²) >= 11 is 0. The van der Waals surface area contributed by atoms with Crippen molar-refractivity contribution in [1.29, 1.82) is 0 Å². The summed E-state index contributed by atoms with van der Waals surface area (Å²) in [4.78, 5) is 33.3. The minimum Gasteiger partial charge on any atom is -0.342 e. The molecule has 2 aliphatic heterocycles. The van der Waals surface area contributed by atoms with E-state index in [2.05, 4.69) is 59.3 Å². The number of piperazine rings is 1. The summed E-state index contributed by atoms with van der Waals surface area (Å²) in [5.41, 5.74) is 0.755. The number of piperidine rings is 1. The van der Waals surface area contributed by atoms with E-state index >= 15 is 0 Å². The number of nitrogens with zero attached hydrogens (tertiary/aromatic N) is 3. The Kier molecular flexibility index (Phi) is 9.96. The van der Waals surface area contributed by atoms with E-state index in [1.54, 1.807) is 0 Å². The van der Waals surface area contributed by atoms with E-state index in [0.717, 1.165) is 45.4 Å². The Morgan fingerprint density at radius 1 is 1.00 bits per heavy atom. The first kappa shape index (κ1) is 26.7. The van der Waals surface area contributed by atoms with Gasteiger partial charge in [0.2, 0.25) is 11.8 Å². The van der Waals surface area contributed by atoms with Gasteiger partial charge in [0.25, 0.3) is 0 Å². The third kappa shape index (κ3) is 7.05. The molecule has 0 radical (unpaired) electrons. The van der Waals surface area contributed by atoms with Crippen LogP contribution in [-0.2, 0) is 16.0 Å². The molecule has 2 fully saturated rings. The Labute approximate surface area is 207 Å². The molecule has 1 spiro atoms. The highest BCUT2D eigenvalue weighted by molar-refractivity contribution is 6.00. The lowest BCUT2D eigenvalue weighted by Crippen LogP contribution is -2.73. The second-order valence-corrected chi connectivity index (χ2v) is 11.0. The molecular formula is C28H46N4O2. The van der Waals surface area contributed by atoms with Crippen LogP contribution in [0.4, 0.5) is 0 Å². The van der Waals surface area contributed by atoms with Crippen LogP contribution in [0.25, 0.3) is 0 Å². The summed E-state index contributed by atoms with van der Waals surface area (Å²) < 4.78 is 0. The standard InChI is InChI=1S/C28H46N4O2/c1-23(2)22-25-26(33)32(21-20-30(3)4)28(27(34)29-25)15-18-31(19-16-28)17-11-6-5-8-12-24-13-9-7-10-14-24/h7,9-10,13-14,23,25H,5-6,8,11-12,15-22H2,1-4H3,(H,29,34)/t25-/m0/s1. The normalized spacial score (nSPS) is 21.0. The van der Waals surface area contributed by atoms with Gasteiger partial charge in [0.05, 0.1) is 0 Å². The van der Waals surface area contributed by atoms with Crippen molar-refractivity contribution in [2.75, 3.05) is 46.8 Å². The van der Waals surface area contributed by atoms with Crippen molar-refractivity contribution in [3.05, 3.63) is 35.9 Å². The summed E-state index contributed by atoms with van der Waals surface area (Å²) in [6.07, 6.45) is 8.30. The van der Waals surface area contributed by atoms with E-state index in [1.165, 1.54) is 31.2 Å². The molecule has 0 aromatic heterocycles. The Hall–Kier alpha value is -1.92. The number of hydrogen-bond acceptors (Lipinski definition) is 4. The fraction of sp³-hybridized carbons (Fsp3) is 0.714. The number of hydrogen-bond donors (Lipinski definition) is 1. The summed E-state index contributed by atoms with van der Waals surface area (Å²) in [5, 5.41) is 3.11. The maximum absolute atomic E-state index is 13.4. The number of unbranched alkanes of at least 4 members (excludes halogenated alkanes) is 3. The van der Waals surface area contributed by atoms with E-state index in [1.807, 2.05) is 19.0 Å². The number of nitrogens with one attached hydrogen (secondary N) is 1. The molecule has 0 unspecified atom stereocenters. The number of amides is 2. The second-order valence-electron chi connectivity index (χ2n) is 11.0. The number of aryl methyl sites for hydroxylation is 1. The van der Waals surface area contributed by atoms with Gasteiger partial charge in [-0.3, -0.25) is 9.59 Å². The summed E-state index contributed by atoms with van der Waals surface area (Å²) in [5.74, 6) is 0.549. The van der Waals surface area contributed by atoms with Crippen LogP contribution < -0.4 is 5.32 Å². The molecule has 2 saturated heterocycles. The minimum absolute atomic E-state index is 0.0667. The zero-order chi connectivity index (χ0) is 24.6. The molecule has 2 heterocycles. The fourth-order valence-electron chi connectivity index (χ4n) is 5.44. The molecule has 3 rings (SSSR count). The summed E-state index contributed by atoms with van der Waals surface area (Å²) in [7, 11) is 4.05. The third-order valence-corrected chi connectivity index (χ3v) is 7.50. The third-order valence-electron chi connectivity index (χ3n) is 7.50. The molecule has 190 valence electrons. The molecule has 0 saturated carbocycles. The first-order chi connectivity index (χ1) is 16.3. The van der Waals surface area contributed by atoms with Crippen LogP contribution in [0, 0.1) is 5.92 Å². The lowest BCUT2D eigenvalue weighted by atomic mass is 9.81. The molecule has 1 atom stereocenters. The SMILES string of the molecule is CC(C)C[C@@H]1NC(=O)C2(CCN(CCCCCCc3ccccc3)CC2)N(CCN(C)C)C1=O. The average Bonchev–Trinajstić information content (AvgIpc) is 2.81. The van der Waals surface area contributed by atoms with Crippen LogP contribution in [0.2, 0.25) is 0 Å². The number of likely N-dealkylation sites (N-methyl/N-ethyl adjacent to an activating group) is 1. The van der Waals surface area contributed by atoms with Gasteiger partial charge in [0.15, 0.2) is 0 Å². The molecule has 2 amide bonds. The highest BCUT2D eigenvalue weighted by Crippen LogP contribution is 2.34. The van der Waals surface area contributed by atoms with Gasteiger partial charge in [0.1, 0.15) is 11.6 Å². The van der Waals surface area contributed by atoms with Crippen LogP contribution >= 0.6 is 0 Å². The van der Waals surface area contributed by atoms with Crippen molar-refractivity contribution in [3.8, 4) is 0 Å². The summed E-state index contributed by atoms with van der Waals surface area (Å²) in [6, 6.07) is 10.3. The quantitative estimate of drug-likeness (QED) is 0.475. The van der Waals surface area contributed by atoms with E-state index < -0.39 is 5.54 Å². The van der Waals surface area contributed by atoms with E-state index in [0.29, 0.717) is 18.9 Å². The van der Waals surface area contributed by atoms with Gasteiger partial charge in [0, 0.05) is 26.2 Å². The molecule has 1 aromatic carbocycles.